The van der Waals surface area contributed by atoms with E-state index in [2.05, 4.69) is 35.7 Å². The highest BCUT2D eigenvalue weighted by atomic mass is 32.1. The molecule has 1 atom stereocenters. The average Bonchev–Trinajstić information content (AvgIpc) is 2.99. The van der Waals surface area contributed by atoms with Gasteiger partial charge in [0.2, 0.25) is 0 Å². The molecule has 0 bridgehead atoms. The first-order valence-electron chi connectivity index (χ1n) is 7.54. The fourth-order valence-corrected chi connectivity index (χ4v) is 4.06. The summed E-state index contributed by atoms with van der Waals surface area (Å²) in [6, 6.07) is 10.9. The second-order valence-corrected chi connectivity index (χ2v) is 6.71. The van der Waals surface area contributed by atoms with Crippen molar-refractivity contribution in [1.82, 2.24) is 0 Å². The fourth-order valence-electron chi connectivity index (χ4n) is 3.31. The van der Waals surface area contributed by atoms with E-state index in [1.54, 1.807) is 7.11 Å². The van der Waals surface area contributed by atoms with E-state index < -0.39 is 0 Å². The quantitative estimate of drug-likeness (QED) is 0.761. The van der Waals surface area contributed by atoms with Crippen LogP contribution in [0.3, 0.4) is 0 Å². The van der Waals surface area contributed by atoms with Gasteiger partial charge in [0.25, 0.3) is 0 Å². The zero-order chi connectivity index (χ0) is 13.8. The van der Waals surface area contributed by atoms with Crippen LogP contribution in [0.1, 0.15) is 35.3 Å². The van der Waals surface area contributed by atoms with Crippen LogP contribution in [0, 0.1) is 5.92 Å². The maximum Gasteiger partial charge on any atom is 0.122 e. The Bertz CT molecular complexity index is 545. The molecule has 2 aromatic rings. The van der Waals surface area contributed by atoms with Crippen molar-refractivity contribution < 1.29 is 4.74 Å². The molecule has 0 fully saturated rings. The van der Waals surface area contributed by atoms with Crippen molar-refractivity contribution in [2.75, 3.05) is 7.11 Å². The normalized spacial score (nSPS) is 17.8. The van der Waals surface area contributed by atoms with Crippen LogP contribution in [0.4, 0.5) is 0 Å². The molecule has 0 spiro atoms. The Hall–Kier alpha value is -1.28. The minimum Gasteiger partial charge on any atom is -0.496 e. The minimum atomic E-state index is 0.856. The van der Waals surface area contributed by atoms with E-state index >= 15 is 0 Å². The van der Waals surface area contributed by atoms with Gasteiger partial charge in [-0.15, -0.1) is 11.3 Å². The first kappa shape index (κ1) is 13.7. The molecular weight excluding hydrogens is 264 g/mol. The minimum absolute atomic E-state index is 0.856. The molecule has 0 saturated heterocycles. The number of aryl methyl sites for hydroxylation is 1. The monoisotopic (exact) mass is 286 g/mol. The average molecular weight is 286 g/mol. The van der Waals surface area contributed by atoms with E-state index in [1.807, 2.05) is 11.3 Å². The summed E-state index contributed by atoms with van der Waals surface area (Å²) in [5.41, 5.74) is 2.96. The van der Waals surface area contributed by atoms with Crippen molar-refractivity contribution in [3.8, 4) is 5.75 Å². The van der Waals surface area contributed by atoms with Gasteiger partial charge in [-0.05, 0) is 73.1 Å². The lowest BCUT2D eigenvalue weighted by Gasteiger charge is -2.25. The Labute approximate surface area is 125 Å². The van der Waals surface area contributed by atoms with Crippen LogP contribution in [0.15, 0.2) is 35.7 Å². The van der Waals surface area contributed by atoms with E-state index in [0.29, 0.717) is 0 Å². The molecule has 2 heteroatoms. The standard InChI is InChI=1S/C18H22OS/c1-19-18-9-3-6-15-13-14(10-11-17(15)18)5-2-7-16-8-4-12-20-16/h3-4,6,8-9,12,14H,2,5,7,10-11,13H2,1H3. The summed E-state index contributed by atoms with van der Waals surface area (Å²) >= 11 is 1.89. The third-order valence-electron chi connectivity index (χ3n) is 4.38. The first-order chi connectivity index (χ1) is 9.86. The third kappa shape index (κ3) is 3.06. The predicted octanol–water partition coefficient (Wildman–Crippen LogP) is 4.88. The zero-order valence-corrected chi connectivity index (χ0v) is 12.9. The summed E-state index contributed by atoms with van der Waals surface area (Å²) in [4.78, 5) is 1.53. The topological polar surface area (TPSA) is 9.23 Å². The highest BCUT2D eigenvalue weighted by Gasteiger charge is 2.20. The molecule has 1 unspecified atom stereocenters. The van der Waals surface area contributed by atoms with Gasteiger partial charge in [0.05, 0.1) is 7.11 Å². The van der Waals surface area contributed by atoms with Crippen LogP contribution >= 0.6 is 11.3 Å². The predicted molar refractivity (Wildman–Crippen MR) is 85.8 cm³/mol. The van der Waals surface area contributed by atoms with Crippen molar-refractivity contribution in [1.29, 1.82) is 0 Å². The van der Waals surface area contributed by atoms with E-state index in [-0.39, 0.29) is 0 Å². The van der Waals surface area contributed by atoms with Gasteiger partial charge in [-0.25, -0.2) is 0 Å². The van der Waals surface area contributed by atoms with Gasteiger partial charge in [-0.2, -0.15) is 0 Å². The van der Waals surface area contributed by atoms with Crippen LogP contribution in [-0.2, 0) is 19.3 Å². The summed E-state index contributed by atoms with van der Waals surface area (Å²) in [7, 11) is 1.78. The maximum atomic E-state index is 5.48. The van der Waals surface area contributed by atoms with Crippen LogP contribution in [0.5, 0.6) is 5.75 Å². The van der Waals surface area contributed by atoms with Gasteiger partial charge in [0.1, 0.15) is 5.75 Å². The lowest BCUT2D eigenvalue weighted by molar-refractivity contribution is 0.384. The lowest BCUT2D eigenvalue weighted by atomic mass is 9.81. The Morgan fingerprint density at radius 3 is 3.00 bits per heavy atom. The van der Waals surface area contributed by atoms with E-state index in [0.717, 1.165) is 11.7 Å². The summed E-state index contributed by atoms with van der Waals surface area (Å²) in [5.74, 6) is 1.94. The van der Waals surface area contributed by atoms with Crippen LogP contribution < -0.4 is 4.74 Å². The molecule has 1 nitrogen and oxygen atoms in total. The summed E-state index contributed by atoms with van der Waals surface area (Å²) in [6.07, 6.45) is 7.66. The van der Waals surface area contributed by atoms with Gasteiger partial charge in [-0.1, -0.05) is 18.2 Å². The smallest absolute Gasteiger partial charge is 0.122 e. The Morgan fingerprint density at radius 1 is 1.25 bits per heavy atom. The Balaban J connectivity index is 1.56. The first-order valence-corrected chi connectivity index (χ1v) is 8.42. The lowest BCUT2D eigenvalue weighted by Crippen LogP contribution is -2.15. The number of fused-ring (bicyclic) bond motifs is 1. The van der Waals surface area contributed by atoms with Crippen molar-refractivity contribution in [3.63, 3.8) is 0 Å². The van der Waals surface area contributed by atoms with E-state index in [1.165, 1.54) is 54.5 Å². The second kappa shape index (κ2) is 6.45. The largest absolute Gasteiger partial charge is 0.496 e. The van der Waals surface area contributed by atoms with Crippen LogP contribution in [0.2, 0.25) is 0 Å². The number of methoxy groups -OCH3 is 1. The summed E-state index contributed by atoms with van der Waals surface area (Å²) in [6.45, 7) is 0. The molecule has 0 amide bonds. The molecule has 0 aliphatic heterocycles. The van der Waals surface area contributed by atoms with E-state index in [4.69, 9.17) is 4.74 Å². The maximum absolute atomic E-state index is 5.48. The van der Waals surface area contributed by atoms with Crippen molar-refractivity contribution in [2.45, 2.75) is 38.5 Å². The second-order valence-electron chi connectivity index (χ2n) is 5.68. The Kier molecular flexibility index (Phi) is 4.41. The molecule has 106 valence electrons. The number of benzene rings is 1. The molecule has 0 saturated carbocycles. The third-order valence-corrected chi connectivity index (χ3v) is 5.31. The molecule has 20 heavy (non-hydrogen) atoms. The zero-order valence-electron chi connectivity index (χ0n) is 12.1. The molecule has 3 rings (SSSR count). The molecule has 0 N–H and O–H groups in total. The van der Waals surface area contributed by atoms with Gasteiger partial charge >= 0.3 is 0 Å². The number of hydrogen-bond donors (Lipinski definition) is 0. The molecule has 1 aromatic heterocycles. The van der Waals surface area contributed by atoms with E-state index in [9.17, 15) is 0 Å². The van der Waals surface area contributed by atoms with Gasteiger partial charge in [-0.3, -0.25) is 0 Å². The number of rotatable bonds is 5. The molecule has 0 radical (unpaired) electrons. The van der Waals surface area contributed by atoms with Gasteiger partial charge < -0.3 is 4.74 Å². The molecule has 1 aliphatic rings. The van der Waals surface area contributed by atoms with Crippen LogP contribution in [-0.4, -0.2) is 7.11 Å². The Morgan fingerprint density at radius 2 is 2.20 bits per heavy atom. The highest BCUT2D eigenvalue weighted by molar-refractivity contribution is 7.09. The summed E-state index contributed by atoms with van der Waals surface area (Å²) < 4.78 is 5.48. The van der Waals surface area contributed by atoms with Gasteiger partial charge in [0.15, 0.2) is 0 Å². The van der Waals surface area contributed by atoms with Crippen molar-refractivity contribution in [3.05, 3.63) is 51.7 Å². The number of hydrogen-bond acceptors (Lipinski definition) is 2. The van der Waals surface area contributed by atoms with Crippen molar-refractivity contribution >= 4 is 11.3 Å². The van der Waals surface area contributed by atoms with Crippen molar-refractivity contribution in [2.24, 2.45) is 5.92 Å². The SMILES string of the molecule is COc1cccc2c1CCC(CCCc1cccs1)C2. The highest BCUT2D eigenvalue weighted by Crippen LogP contribution is 2.34. The number of thiophene rings is 1. The molecule has 1 aliphatic carbocycles. The molecule has 1 heterocycles. The molecular formula is C18H22OS. The van der Waals surface area contributed by atoms with Crippen LogP contribution in [0.25, 0.3) is 0 Å². The fraction of sp³-hybridized carbons (Fsp3) is 0.444. The number of ether oxygens (including phenoxy) is 1. The molecule has 1 aromatic carbocycles. The van der Waals surface area contributed by atoms with Gasteiger partial charge in [0, 0.05) is 4.88 Å². The summed E-state index contributed by atoms with van der Waals surface area (Å²) in [5, 5.41) is 2.18.